The van der Waals surface area contributed by atoms with Gasteiger partial charge in [0.05, 0.1) is 0 Å². The van der Waals surface area contributed by atoms with E-state index in [1.54, 1.807) is 0 Å². The average molecular weight is 233 g/mol. The first-order valence-electron chi connectivity index (χ1n) is 5.29. The van der Waals surface area contributed by atoms with E-state index < -0.39 is 6.03 Å². The van der Waals surface area contributed by atoms with Gasteiger partial charge in [-0.25, -0.2) is 4.79 Å². The van der Waals surface area contributed by atoms with Gasteiger partial charge in [0.25, 0.3) is 0 Å². The number of imide groups is 1. The summed E-state index contributed by atoms with van der Waals surface area (Å²) in [6.45, 7) is 2.11. The van der Waals surface area contributed by atoms with Gasteiger partial charge in [0.1, 0.15) is 0 Å². The minimum Gasteiger partial charge on any atom is -0.335 e. The van der Waals surface area contributed by atoms with Crippen molar-refractivity contribution in [1.82, 2.24) is 10.6 Å². The van der Waals surface area contributed by atoms with Crippen LogP contribution in [0.4, 0.5) is 4.79 Å². The zero-order chi connectivity index (χ0) is 11.3. The lowest BCUT2D eigenvalue weighted by molar-refractivity contribution is -0.119. The van der Waals surface area contributed by atoms with Crippen LogP contribution in [-0.4, -0.2) is 23.9 Å². The summed E-state index contributed by atoms with van der Waals surface area (Å²) < 4.78 is 0. The van der Waals surface area contributed by atoms with Crippen molar-refractivity contribution >= 4 is 23.5 Å². The number of amides is 3. The van der Waals surface area contributed by atoms with E-state index in [0.29, 0.717) is 5.92 Å². The lowest BCUT2D eigenvalue weighted by atomic mass is 10.1. The van der Waals surface area contributed by atoms with Gasteiger partial charge in [-0.3, -0.25) is 10.1 Å². The number of hydrogen-bond acceptors (Lipinski definition) is 2. The standard InChI is InChI=1S/C10H17ClN2O2/c1-7-3-2-4-8(7)12-10(15)13-9(14)5-6-11/h7-8H,2-6H2,1H3,(H2,12,13,14,15). The Balaban J connectivity index is 2.26. The third-order valence-corrected chi connectivity index (χ3v) is 2.94. The third-order valence-electron chi connectivity index (χ3n) is 2.75. The molecule has 1 saturated carbocycles. The second-order valence-corrected chi connectivity index (χ2v) is 4.35. The minimum atomic E-state index is -0.399. The Hall–Kier alpha value is -0.770. The largest absolute Gasteiger partial charge is 0.335 e. The molecular formula is C10H17ClN2O2. The van der Waals surface area contributed by atoms with Gasteiger partial charge in [-0.15, -0.1) is 11.6 Å². The van der Waals surface area contributed by atoms with Gasteiger partial charge in [0.2, 0.25) is 5.91 Å². The van der Waals surface area contributed by atoms with E-state index in [9.17, 15) is 9.59 Å². The fourth-order valence-corrected chi connectivity index (χ4v) is 2.01. The lowest BCUT2D eigenvalue weighted by Gasteiger charge is -2.17. The number of hydrogen-bond donors (Lipinski definition) is 2. The number of halogens is 1. The Labute approximate surface area is 94.7 Å². The minimum absolute atomic E-state index is 0.176. The summed E-state index contributed by atoms with van der Waals surface area (Å²) in [5, 5.41) is 5.06. The second-order valence-electron chi connectivity index (χ2n) is 3.98. The Morgan fingerprint density at radius 3 is 2.67 bits per heavy atom. The maximum absolute atomic E-state index is 11.3. The second kappa shape index (κ2) is 5.95. The highest BCUT2D eigenvalue weighted by molar-refractivity contribution is 6.19. The average Bonchev–Trinajstić information content (AvgIpc) is 2.52. The van der Waals surface area contributed by atoms with E-state index >= 15 is 0 Å². The Morgan fingerprint density at radius 2 is 2.13 bits per heavy atom. The van der Waals surface area contributed by atoms with Crippen LogP contribution in [0.3, 0.4) is 0 Å². The van der Waals surface area contributed by atoms with E-state index in [1.807, 2.05) is 0 Å². The molecule has 0 aromatic heterocycles. The predicted molar refractivity (Wildman–Crippen MR) is 58.8 cm³/mol. The first kappa shape index (κ1) is 12.3. The van der Waals surface area contributed by atoms with Crippen LogP contribution in [0.5, 0.6) is 0 Å². The van der Waals surface area contributed by atoms with Crippen molar-refractivity contribution in [2.24, 2.45) is 5.92 Å². The zero-order valence-corrected chi connectivity index (χ0v) is 9.64. The van der Waals surface area contributed by atoms with Gasteiger partial charge in [-0.05, 0) is 18.8 Å². The van der Waals surface area contributed by atoms with Crippen LogP contribution in [0.2, 0.25) is 0 Å². The highest BCUT2D eigenvalue weighted by Crippen LogP contribution is 2.24. The molecule has 0 heterocycles. The molecule has 4 nitrogen and oxygen atoms in total. The summed E-state index contributed by atoms with van der Waals surface area (Å²) in [7, 11) is 0. The first-order valence-corrected chi connectivity index (χ1v) is 5.83. The number of nitrogens with one attached hydrogen (secondary N) is 2. The predicted octanol–water partition coefficient (Wildman–Crippen LogP) is 1.63. The van der Waals surface area contributed by atoms with Crippen LogP contribution in [0.15, 0.2) is 0 Å². The first-order chi connectivity index (χ1) is 7.13. The van der Waals surface area contributed by atoms with E-state index in [0.717, 1.165) is 19.3 Å². The van der Waals surface area contributed by atoms with E-state index in [-0.39, 0.29) is 24.2 Å². The molecule has 86 valence electrons. The van der Waals surface area contributed by atoms with Crippen LogP contribution < -0.4 is 10.6 Å². The maximum atomic E-state index is 11.3. The number of carbonyl (C=O) groups excluding carboxylic acids is 2. The van der Waals surface area contributed by atoms with E-state index in [4.69, 9.17) is 11.6 Å². The molecule has 0 spiro atoms. The molecule has 1 fully saturated rings. The molecule has 0 aliphatic heterocycles. The van der Waals surface area contributed by atoms with Crippen molar-refractivity contribution in [1.29, 1.82) is 0 Å². The van der Waals surface area contributed by atoms with Crippen molar-refractivity contribution in [2.75, 3.05) is 5.88 Å². The van der Waals surface area contributed by atoms with Gasteiger partial charge in [0, 0.05) is 18.3 Å². The van der Waals surface area contributed by atoms with Crippen LogP contribution in [0.25, 0.3) is 0 Å². The van der Waals surface area contributed by atoms with Crippen LogP contribution in [0.1, 0.15) is 32.6 Å². The summed E-state index contributed by atoms with van der Waals surface area (Å²) in [4.78, 5) is 22.4. The fraction of sp³-hybridized carbons (Fsp3) is 0.800. The van der Waals surface area contributed by atoms with Gasteiger partial charge in [0.15, 0.2) is 0 Å². The highest BCUT2D eigenvalue weighted by Gasteiger charge is 2.24. The summed E-state index contributed by atoms with van der Waals surface area (Å²) >= 11 is 5.38. The summed E-state index contributed by atoms with van der Waals surface area (Å²) in [6, 6.07) is -0.197. The molecule has 5 heteroatoms. The molecule has 0 aromatic carbocycles. The van der Waals surface area contributed by atoms with Crippen LogP contribution in [0, 0.1) is 5.92 Å². The van der Waals surface area contributed by atoms with Crippen molar-refractivity contribution in [3.05, 3.63) is 0 Å². The summed E-state index contributed by atoms with van der Waals surface area (Å²) in [5.41, 5.74) is 0. The zero-order valence-electron chi connectivity index (χ0n) is 8.88. The quantitative estimate of drug-likeness (QED) is 0.727. The Morgan fingerprint density at radius 1 is 1.40 bits per heavy atom. The van der Waals surface area contributed by atoms with E-state index in [2.05, 4.69) is 17.6 Å². The topological polar surface area (TPSA) is 58.2 Å². The van der Waals surface area contributed by atoms with Crippen LogP contribution >= 0.6 is 11.6 Å². The molecule has 2 N–H and O–H groups in total. The molecule has 0 saturated heterocycles. The molecular weight excluding hydrogens is 216 g/mol. The molecule has 1 rings (SSSR count). The van der Waals surface area contributed by atoms with Gasteiger partial charge in [-0.2, -0.15) is 0 Å². The molecule has 0 radical (unpaired) electrons. The molecule has 3 amide bonds. The monoisotopic (exact) mass is 232 g/mol. The number of alkyl halides is 1. The van der Waals surface area contributed by atoms with Crippen LogP contribution in [-0.2, 0) is 4.79 Å². The molecule has 2 atom stereocenters. The normalized spacial score (nSPS) is 24.9. The van der Waals surface area contributed by atoms with Crippen molar-refractivity contribution in [3.63, 3.8) is 0 Å². The van der Waals surface area contributed by atoms with Gasteiger partial charge < -0.3 is 5.32 Å². The van der Waals surface area contributed by atoms with Crippen molar-refractivity contribution in [2.45, 2.75) is 38.6 Å². The maximum Gasteiger partial charge on any atom is 0.321 e. The van der Waals surface area contributed by atoms with Crippen molar-refractivity contribution < 1.29 is 9.59 Å². The molecule has 0 aromatic rings. The summed E-state index contributed by atoms with van der Waals surface area (Å²) in [6.07, 6.45) is 3.45. The number of rotatable bonds is 3. The van der Waals surface area contributed by atoms with Gasteiger partial charge in [-0.1, -0.05) is 13.3 Å². The SMILES string of the molecule is CC1CCCC1NC(=O)NC(=O)CCCl. The fourth-order valence-electron chi connectivity index (χ4n) is 1.84. The third kappa shape index (κ3) is 4.08. The number of urea groups is 1. The Bertz CT molecular complexity index is 246. The molecule has 1 aliphatic carbocycles. The van der Waals surface area contributed by atoms with Gasteiger partial charge >= 0.3 is 6.03 Å². The van der Waals surface area contributed by atoms with Crippen molar-refractivity contribution in [3.8, 4) is 0 Å². The molecule has 2 unspecified atom stereocenters. The smallest absolute Gasteiger partial charge is 0.321 e. The Kier molecular flexibility index (Phi) is 4.88. The molecule has 0 bridgehead atoms. The highest BCUT2D eigenvalue weighted by atomic mass is 35.5. The number of carbonyl (C=O) groups is 2. The lowest BCUT2D eigenvalue weighted by Crippen LogP contribution is -2.45. The molecule has 15 heavy (non-hydrogen) atoms. The molecule has 1 aliphatic rings. The van der Waals surface area contributed by atoms with E-state index in [1.165, 1.54) is 0 Å². The summed E-state index contributed by atoms with van der Waals surface area (Å²) in [5.74, 6) is 0.408.